The van der Waals surface area contributed by atoms with Gasteiger partial charge in [0.2, 0.25) is 0 Å². The first-order valence-electron chi connectivity index (χ1n) is 4.50. The van der Waals surface area contributed by atoms with Crippen LogP contribution >= 0.6 is 49.7 Å². The number of hydrogen-bond acceptors (Lipinski definition) is 4. The Labute approximate surface area is 166 Å². The molecule has 0 aromatic carbocycles. The Balaban J connectivity index is 0. The van der Waals surface area contributed by atoms with Crippen LogP contribution in [0.5, 0.6) is 0 Å². The Hall–Kier alpha value is 2.04. The number of aliphatic hydroxyl groups excluding tert-OH is 2. The minimum absolute atomic E-state index is 0. The van der Waals surface area contributed by atoms with Crippen molar-refractivity contribution >= 4 is 58.3 Å². The first-order valence-corrected chi connectivity index (χ1v) is 6.21. The van der Waals surface area contributed by atoms with Gasteiger partial charge in [-0.05, 0) is 0 Å². The smallest absolute Gasteiger partial charge is 0.389 e. The number of thiol groups is 2. The van der Waals surface area contributed by atoms with E-state index in [0.717, 1.165) is 0 Å². The van der Waals surface area contributed by atoms with Crippen molar-refractivity contribution in [2.24, 2.45) is 0 Å². The van der Waals surface area contributed by atoms with E-state index in [1.54, 1.807) is 23.9 Å². The Morgan fingerprint density at radius 3 is 1.41 bits per heavy atom. The number of hydrogen-bond donors (Lipinski definition) is 4. The maximum absolute atomic E-state index is 9.69. The molecule has 0 saturated carbocycles. The first-order chi connectivity index (χ1) is 7.25. The van der Waals surface area contributed by atoms with Crippen LogP contribution in [0.25, 0.3) is 0 Å². The molecule has 0 fully saturated rings. The van der Waals surface area contributed by atoms with Gasteiger partial charge >= 0.3 is 51.4 Å². The molecule has 0 radical (unpaired) electrons. The molecule has 17 heavy (non-hydrogen) atoms. The standard InChI is InChI=1S/C8H16N2O2S4.K/c1-9(7(13)14)3-5(11)6(12)4-10(2)8(15)16;/h5-6,11-12H,3-4H2,1-2H3,(H,13,14)(H,15,16);/q;+1. The van der Waals surface area contributed by atoms with E-state index >= 15 is 0 Å². The molecular formula is C8H16KN2O2S4+. The molecule has 0 aromatic heterocycles. The van der Waals surface area contributed by atoms with Crippen LogP contribution in [0.1, 0.15) is 0 Å². The summed E-state index contributed by atoms with van der Waals surface area (Å²) in [5.41, 5.74) is 0. The monoisotopic (exact) mass is 339 g/mol. The maximum atomic E-state index is 9.69. The van der Waals surface area contributed by atoms with Crippen molar-refractivity contribution < 1.29 is 61.6 Å². The van der Waals surface area contributed by atoms with E-state index in [4.69, 9.17) is 24.4 Å². The van der Waals surface area contributed by atoms with Crippen molar-refractivity contribution in [3.8, 4) is 0 Å². The largest absolute Gasteiger partial charge is 1.00 e. The van der Waals surface area contributed by atoms with Crippen LogP contribution in [0, 0.1) is 0 Å². The van der Waals surface area contributed by atoms with Crippen LogP contribution in [-0.2, 0) is 0 Å². The fraction of sp³-hybridized carbons (Fsp3) is 0.750. The molecule has 0 aliphatic heterocycles. The van der Waals surface area contributed by atoms with Crippen molar-refractivity contribution in [2.75, 3.05) is 27.2 Å². The molecule has 2 atom stereocenters. The van der Waals surface area contributed by atoms with E-state index in [-0.39, 0.29) is 64.5 Å². The molecule has 0 heterocycles. The Morgan fingerprint density at radius 2 is 1.24 bits per heavy atom. The SMILES string of the molecule is CN(CC(O)C(O)CN(C)C(=S)S)C(=S)S.[K+]. The fourth-order valence-corrected chi connectivity index (χ4v) is 1.27. The summed E-state index contributed by atoms with van der Waals surface area (Å²) in [6.07, 6.45) is -1.83. The van der Waals surface area contributed by atoms with Crippen LogP contribution in [0.4, 0.5) is 0 Å². The number of rotatable bonds is 5. The molecule has 0 aliphatic carbocycles. The van der Waals surface area contributed by atoms with Gasteiger partial charge in [0.25, 0.3) is 0 Å². The van der Waals surface area contributed by atoms with Crippen molar-refractivity contribution in [1.29, 1.82) is 0 Å². The van der Waals surface area contributed by atoms with E-state index in [0.29, 0.717) is 8.64 Å². The first kappa shape index (κ1) is 21.3. The van der Waals surface area contributed by atoms with Crippen LogP contribution in [0.15, 0.2) is 0 Å². The molecule has 0 amide bonds. The molecule has 0 saturated heterocycles. The molecule has 9 heteroatoms. The fourth-order valence-electron chi connectivity index (χ4n) is 0.961. The number of aliphatic hydroxyl groups is 2. The van der Waals surface area contributed by atoms with Gasteiger partial charge in [0.05, 0.1) is 12.2 Å². The molecule has 94 valence electrons. The molecule has 0 spiro atoms. The molecular weight excluding hydrogens is 323 g/mol. The summed E-state index contributed by atoms with van der Waals surface area (Å²) in [4.78, 5) is 3.15. The van der Waals surface area contributed by atoms with E-state index in [9.17, 15) is 10.2 Å². The van der Waals surface area contributed by atoms with Crippen LogP contribution in [0.3, 0.4) is 0 Å². The summed E-state index contributed by atoms with van der Waals surface area (Å²) >= 11 is 17.5. The maximum Gasteiger partial charge on any atom is 1.00 e. The molecule has 0 aromatic rings. The molecule has 2 N–H and O–H groups in total. The van der Waals surface area contributed by atoms with Gasteiger partial charge < -0.3 is 20.0 Å². The Bertz CT molecular complexity index is 244. The summed E-state index contributed by atoms with van der Waals surface area (Å²) in [6.45, 7) is 0.438. The molecule has 0 bridgehead atoms. The number of nitrogens with zero attached hydrogens (tertiary/aromatic N) is 2. The minimum atomic E-state index is -0.916. The average Bonchev–Trinajstić information content (AvgIpc) is 2.16. The summed E-state index contributed by atoms with van der Waals surface area (Å²) < 4.78 is 0.730. The topological polar surface area (TPSA) is 46.9 Å². The molecule has 0 rings (SSSR count). The molecule has 2 unspecified atom stereocenters. The third kappa shape index (κ3) is 9.55. The van der Waals surface area contributed by atoms with Crippen molar-refractivity contribution in [1.82, 2.24) is 9.80 Å². The zero-order valence-corrected chi connectivity index (χ0v) is 16.6. The van der Waals surface area contributed by atoms with E-state index in [2.05, 4.69) is 25.3 Å². The second kappa shape index (κ2) is 10.8. The number of thiocarbonyl (C=S) groups is 2. The van der Waals surface area contributed by atoms with Crippen molar-refractivity contribution in [3.05, 3.63) is 0 Å². The van der Waals surface area contributed by atoms with E-state index < -0.39 is 12.2 Å². The van der Waals surface area contributed by atoms with Gasteiger partial charge in [-0.3, -0.25) is 0 Å². The Morgan fingerprint density at radius 1 is 1.00 bits per heavy atom. The van der Waals surface area contributed by atoms with Crippen LogP contribution < -0.4 is 51.4 Å². The zero-order valence-electron chi connectivity index (χ0n) is 10.1. The van der Waals surface area contributed by atoms with Crippen molar-refractivity contribution in [3.63, 3.8) is 0 Å². The zero-order chi connectivity index (χ0) is 12.9. The van der Waals surface area contributed by atoms with Crippen molar-refractivity contribution in [2.45, 2.75) is 12.2 Å². The van der Waals surface area contributed by atoms with E-state index in [1.807, 2.05) is 0 Å². The van der Waals surface area contributed by atoms with E-state index in [1.165, 1.54) is 0 Å². The predicted octanol–water partition coefficient (Wildman–Crippen LogP) is -2.99. The third-order valence-corrected chi connectivity index (χ3v) is 3.33. The van der Waals surface area contributed by atoms with Gasteiger partial charge in [-0.25, -0.2) is 0 Å². The second-order valence-electron chi connectivity index (χ2n) is 3.46. The second-order valence-corrected chi connectivity index (χ2v) is 5.69. The number of likely N-dealkylation sites (N-methyl/N-ethyl adjacent to an activating group) is 2. The predicted molar refractivity (Wildman–Crippen MR) is 80.4 cm³/mol. The van der Waals surface area contributed by atoms with Gasteiger partial charge in [0.1, 0.15) is 8.64 Å². The quantitative estimate of drug-likeness (QED) is 0.243. The van der Waals surface area contributed by atoms with Gasteiger partial charge in [-0.2, -0.15) is 0 Å². The van der Waals surface area contributed by atoms with Gasteiger partial charge in [-0.1, -0.05) is 24.4 Å². The van der Waals surface area contributed by atoms with Crippen LogP contribution in [0.2, 0.25) is 0 Å². The van der Waals surface area contributed by atoms with Gasteiger partial charge in [0, 0.05) is 27.2 Å². The van der Waals surface area contributed by atoms with Crippen LogP contribution in [-0.4, -0.2) is 68.0 Å². The molecule has 0 aliphatic rings. The van der Waals surface area contributed by atoms with Gasteiger partial charge in [0.15, 0.2) is 0 Å². The normalized spacial score (nSPS) is 13.3. The summed E-state index contributed by atoms with van der Waals surface area (Å²) in [6, 6.07) is 0. The third-order valence-electron chi connectivity index (χ3n) is 2.02. The van der Waals surface area contributed by atoms with Gasteiger partial charge in [-0.15, -0.1) is 25.3 Å². The minimum Gasteiger partial charge on any atom is -0.389 e. The summed E-state index contributed by atoms with van der Waals surface area (Å²) in [7, 11) is 3.39. The summed E-state index contributed by atoms with van der Waals surface area (Å²) in [5.74, 6) is 0. The average molecular weight is 340 g/mol. The molecule has 4 nitrogen and oxygen atoms in total. The summed E-state index contributed by atoms with van der Waals surface area (Å²) in [5, 5.41) is 19.4. The Kier molecular flexibility index (Phi) is 13.5.